The molecule has 152 valence electrons. The minimum absolute atomic E-state index is 0.0826. The highest BCUT2D eigenvalue weighted by molar-refractivity contribution is 5.91. The van der Waals surface area contributed by atoms with Gasteiger partial charge in [0.1, 0.15) is 11.9 Å². The van der Waals surface area contributed by atoms with E-state index in [0.717, 1.165) is 11.1 Å². The summed E-state index contributed by atoms with van der Waals surface area (Å²) in [4.78, 5) is 40.4. The van der Waals surface area contributed by atoms with Gasteiger partial charge in [0, 0.05) is 19.5 Å². The molecular weight excluding hydrogens is 374 g/mol. The summed E-state index contributed by atoms with van der Waals surface area (Å²) >= 11 is 0. The van der Waals surface area contributed by atoms with Gasteiger partial charge >= 0.3 is 5.97 Å². The van der Waals surface area contributed by atoms with Crippen LogP contribution in [-0.4, -0.2) is 60.0 Å². The summed E-state index contributed by atoms with van der Waals surface area (Å²) in [6.07, 6.45) is 0.0965. The number of fused-ring (bicyclic) bond motifs is 1. The molecule has 29 heavy (non-hydrogen) atoms. The number of rotatable bonds is 4. The first kappa shape index (κ1) is 19.1. The molecule has 2 aliphatic rings. The van der Waals surface area contributed by atoms with Gasteiger partial charge in [0.15, 0.2) is 5.82 Å². The van der Waals surface area contributed by atoms with Crippen molar-refractivity contribution in [1.82, 2.24) is 24.6 Å². The minimum atomic E-state index is -1.07. The smallest absolute Gasteiger partial charge is 0.328 e. The third-order valence-electron chi connectivity index (χ3n) is 5.68. The van der Waals surface area contributed by atoms with E-state index in [1.165, 1.54) is 4.90 Å². The highest BCUT2D eigenvalue weighted by Crippen LogP contribution is 2.26. The molecular formula is C20H23N5O4. The third kappa shape index (κ3) is 3.59. The molecule has 0 spiro atoms. The molecule has 2 unspecified atom stereocenters. The van der Waals surface area contributed by atoms with Gasteiger partial charge in [-0.25, -0.2) is 4.79 Å². The fraction of sp³-hybridized carbons (Fsp3) is 0.450. The lowest BCUT2D eigenvalue weighted by Gasteiger charge is -2.35. The standard InChI is InChI=1S/C20H23N5O4/c1-12-3-5-14(6-4-12)8-23-9-15(7-18(23)26)19(27)25-11-17-22-21-13(2)24(17)10-16(25)20(28)29/h3-6,15-16H,7-11H2,1-2H3,(H,28,29). The normalized spacial score (nSPS) is 21.4. The Morgan fingerprint density at radius 1 is 1.14 bits per heavy atom. The molecule has 1 fully saturated rings. The van der Waals surface area contributed by atoms with E-state index in [9.17, 15) is 19.5 Å². The van der Waals surface area contributed by atoms with Crippen molar-refractivity contribution in [3.05, 3.63) is 47.0 Å². The van der Waals surface area contributed by atoms with Gasteiger partial charge in [0.25, 0.3) is 0 Å². The van der Waals surface area contributed by atoms with Gasteiger partial charge in [-0.2, -0.15) is 0 Å². The van der Waals surface area contributed by atoms with E-state index in [1.807, 2.05) is 31.2 Å². The van der Waals surface area contributed by atoms with Crippen LogP contribution < -0.4 is 0 Å². The zero-order chi connectivity index (χ0) is 20.7. The molecule has 0 bridgehead atoms. The number of nitrogens with zero attached hydrogens (tertiary/aromatic N) is 5. The Hall–Kier alpha value is -3.23. The lowest BCUT2D eigenvalue weighted by atomic mass is 10.0. The van der Waals surface area contributed by atoms with Crippen molar-refractivity contribution in [2.75, 3.05) is 6.54 Å². The van der Waals surface area contributed by atoms with Crippen molar-refractivity contribution < 1.29 is 19.5 Å². The van der Waals surface area contributed by atoms with Crippen LogP contribution in [0.5, 0.6) is 0 Å². The second kappa shape index (κ2) is 7.31. The highest BCUT2D eigenvalue weighted by atomic mass is 16.4. The summed E-state index contributed by atoms with van der Waals surface area (Å²) in [6, 6.07) is 6.92. The van der Waals surface area contributed by atoms with Gasteiger partial charge in [0.2, 0.25) is 11.8 Å². The second-order valence-corrected chi connectivity index (χ2v) is 7.76. The van der Waals surface area contributed by atoms with Gasteiger partial charge in [-0.15, -0.1) is 10.2 Å². The second-order valence-electron chi connectivity index (χ2n) is 7.76. The molecule has 9 heteroatoms. The first-order valence-corrected chi connectivity index (χ1v) is 9.58. The lowest BCUT2D eigenvalue weighted by Crippen LogP contribution is -2.52. The number of carbonyl (C=O) groups is 3. The molecule has 1 N–H and O–H groups in total. The molecule has 3 heterocycles. The van der Waals surface area contributed by atoms with Gasteiger partial charge in [-0.05, 0) is 19.4 Å². The van der Waals surface area contributed by atoms with Gasteiger partial charge < -0.3 is 19.5 Å². The molecule has 2 aromatic rings. The van der Waals surface area contributed by atoms with Gasteiger partial charge in [-0.3, -0.25) is 9.59 Å². The maximum absolute atomic E-state index is 13.1. The minimum Gasteiger partial charge on any atom is -0.480 e. The SMILES string of the molecule is Cc1ccc(CN2CC(C(=O)N3Cc4nnc(C)n4CC3C(=O)O)CC2=O)cc1. The third-order valence-corrected chi connectivity index (χ3v) is 5.68. The van der Waals surface area contributed by atoms with Crippen LogP contribution >= 0.6 is 0 Å². The largest absolute Gasteiger partial charge is 0.480 e. The van der Waals surface area contributed by atoms with E-state index in [1.54, 1.807) is 16.4 Å². The summed E-state index contributed by atoms with van der Waals surface area (Å²) < 4.78 is 1.73. The molecule has 2 aliphatic heterocycles. The molecule has 1 aromatic carbocycles. The van der Waals surface area contributed by atoms with Crippen LogP contribution in [-0.2, 0) is 34.0 Å². The van der Waals surface area contributed by atoms with E-state index in [4.69, 9.17) is 0 Å². The fourth-order valence-electron chi connectivity index (χ4n) is 4.00. The van der Waals surface area contributed by atoms with Crippen LogP contribution in [0.3, 0.4) is 0 Å². The number of amides is 2. The van der Waals surface area contributed by atoms with Crippen LogP contribution in [0, 0.1) is 19.8 Å². The predicted molar refractivity (Wildman–Crippen MR) is 101 cm³/mol. The van der Waals surface area contributed by atoms with Crippen LogP contribution in [0.2, 0.25) is 0 Å². The van der Waals surface area contributed by atoms with Crippen molar-refractivity contribution in [3.63, 3.8) is 0 Å². The molecule has 1 saturated heterocycles. The molecule has 0 radical (unpaired) electrons. The first-order valence-electron chi connectivity index (χ1n) is 9.58. The van der Waals surface area contributed by atoms with Crippen molar-refractivity contribution in [3.8, 4) is 0 Å². The zero-order valence-corrected chi connectivity index (χ0v) is 16.4. The number of hydrogen-bond acceptors (Lipinski definition) is 5. The Labute approximate surface area is 167 Å². The molecule has 0 saturated carbocycles. The average Bonchev–Trinajstić information content (AvgIpc) is 3.24. The number of likely N-dealkylation sites (tertiary alicyclic amines) is 1. The Morgan fingerprint density at radius 2 is 1.86 bits per heavy atom. The monoisotopic (exact) mass is 397 g/mol. The number of carboxylic acids is 1. The van der Waals surface area contributed by atoms with Gasteiger partial charge in [0.05, 0.1) is 19.0 Å². The lowest BCUT2D eigenvalue weighted by molar-refractivity contribution is -0.154. The van der Waals surface area contributed by atoms with E-state index >= 15 is 0 Å². The molecule has 2 atom stereocenters. The molecule has 4 rings (SSSR count). The zero-order valence-electron chi connectivity index (χ0n) is 16.4. The maximum atomic E-state index is 13.1. The average molecular weight is 397 g/mol. The van der Waals surface area contributed by atoms with E-state index in [0.29, 0.717) is 24.7 Å². The maximum Gasteiger partial charge on any atom is 0.328 e. The van der Waals surface area contributed by atoms with E-state index < -0.39 is 17.9 Å². The number of aliphatic carboxylic acids is 1. The van der Waals surface area contributed by atoms with E-state index in [-0.39, 0.29) is 31.3 Å². The molecule has 9 nitrogen and oxygen atoms in total. The number of carbonyl (C=O) groups excluding carboxylic acids is 2. The molecule has 2 amide bonds. The van der Waals surface area contributed by atoms with Crippen LogP contribution in [0.1, 0.15) is 29.2 Å². The Kier molecular flexibility index (Phi) is 4.81. The quantitative estimate of drug-likeness (QED) is 0.815. The van der Waals surface area contributed by atoms with Crippen molar-refractivity contribution in [2.45, 2.75) is 45.9 Å². The van der Waals surface area contributed by atoms with Crippen LogP contribution in [0.15, 0.2) is 24.3 Å². The summed E-state index contributed by atoms with van der Waals surface area (Å²) in [5, 5.41) is 17.7. The highest BCUT2D eigenvalue weighted by Gasteiger charge is 2.42. The summed E-state index contributed by atoms with van der Waals surface area (Å²) in [5.41, 5.74) is 2.14. The molecule has 0 aliphatic carbocycles. The van der Waals surface area contributed by atoms with Crippen molar-refractivity contribution in [2.24, 2.45) is 5.92 Å². The number of aryl methyl sites for hydroxylation is 2. The van der Waals surface area contributed by atoms with Crippen LogP contribution in [0.25, 0.3) is 0 Å². The summed E-state index contributed by atoms with van der Waals surface area (Å²) in [5.74, 6) is -0.841. The van der Waals surface area contributed by atoms with Gasteiger partial charge in [-0.1, -0.05) is 29.8 Å². The predicted octanol–water partition coefficient (Wildman–Crippen LogP) is 0.739. The number of benzene rings is 1. The summed E-state index contributed by atoms with van der Waals surface area (Å²) in [6.45, 7) is 4.69. The Bertz CT molecular complexity index is 968. The molecule has 1 aromatic heterocycles. The fourth-order valence-corrected chi connectivity index (χ4v) is 4.00. The Morgan fingerprint density at radius 3 is 2.55 bits per heavy atom. The number of hydrogen-bond donors (Lipinski definition) is 1. The van der Waals surface area contributed by atoms with Crippen molar-refractivity contribution in [1.29, 1.82) is 0 Å². The Balaban J connectivity index is 1.49. The number of aromatic nitrogens is 3. The van der Waals surface area contributed by atoms with Crippen molar-refractivity contribution >= 4 is 17.8 Å². The van der Waals surface area contributed by atoms with E-state index in [2.05, 4.69) is 10.2 Å². The summed E-state index contributed by atoms with van der Waals surface area (Å²) in [7, 11) is 0. The number of carboxylic acid groups (broad SMARTS) is 1. The topological polar surface area (TPSA) is 109 Å². The van der Waals surface area contributed by atoms with Crippen LogP contribution in [0.4, 0.5) is 0 Å². The first-order chi connectivity index (χ1) is 13.8.